The second kappa shape index (κ2) is 10.4. The summed E-state index contributed by atoms with van der Waals surface area (Å²) in [5.41, 5.74) is 0.585. The predicted molar refractivity (Wildman–Crippen MR) is 120 cm³/mol. The summed E-state index contributed by atoms with van der Waals surface area (Å²) < 4.78 is 7.33. The first kappa shape index (κ1) is 24.2. The summed E-state index contributed by atoms with van der Waals surface area (Å²) in [5, 5.41) is 29.3. The fourth-order valence-corrected chi connectivity index (χ4v) is 3.87. The molecule has 176 valence electrons. The quantitative estimate of drug-likeness (QED) is 0.481. The molecule has 2 aromatic rings. The van der Waals surface area contributed by atoms with Gasteiger partial charge in [0.15, 0.2) is 5.69 Å². The van der Waals surface area contributed by atoms with Gasteiger partial charge in [-0.2, -0.15) is 5.10 Å². The maximum absolute atomic E-state index is 13.2. The van der Waals surface area contributed by atoms with Crippen molar-refractivity contribution < 1.29 is 24.5 Å². The molecular formula is C23H34N4O5. The molecule has 1 fully saturated rings. The number of amides is 2. The highest BCUT2D eigenvalue weighted by Gasteiger charge is 2.34. The molecule has 1 aliphatic rings. The lowest BCUT2D eigenvalue weighted by atomic mass is 9.86. The van der Waals surface area contributed by atoms with Crippen molar-refractivity contribution in [1.82, 2.24) is 20.4 Å². The van der Waals surface area contributed by atoms with Gasteiger partial charge in [0, 0.05) is 31.7 Å². The highest BCUT2D eigenvalue weighted by molar-refractivity contribution is 6.06. The smallest absolute Gasteiger partial charge is 0.273 e. The topological polar surface area (TPSA) is 126 Å². The van der Waals surface area contributed by atoms with Crippen molar-refractivity contribution in [2.75, 3.05) is 26.4 Å². The lowest BCUT2D eigenvalue weighted by molar-refractivity contribution is -0.125. The van der Waals surface area contributed by atoms with Crippen molar-refractivity contribution in [3.05, 3.63) is 30.0 Å². The van der Waals surface area contributed by atoms with Crippen LogP contribution in [0, 0.1) is 11.3 Å². The largest absolute Gasteiger partial charge is 0.394 e. The molecule has 0 bridgehead atoms. The summed E-state index contributed by atoms with van der Waals surface area (Å²) >= 11 is 0. The van der Waals surface area contributed by atoms with Crippen molar-refractivity contribution in [3.63, 3.8) is 0 Å². The van der Waals surface area contributed by atoms with E-state index < -0.39 is 36.0 Å². The van der Waals surface area contributed by atoms with Crippen molar-refractivity contribution in [2.24, 2.45) is 11.3 Å². The van der Waals surface area contributed by atoms with Gasteiger partial charge in [0.2, 0.25) is 5.91 Å². The van der Waals surface area contributed by atoms with E-state index in [1.54, 1.807) is 0 Å². The summed E-state index contributed by atoms with van der Waals surface area (Å²) in [5.74, 6) is -0.414. The van der Waals surface area contributed by atoms with Gasteiger partial charge in [0.25, 0.3) is 5.91 Å². The number of nitrogens with zero attached hydrogens (tertiary/aromatic N) is 2. The number of aromatic nitrogens is 2. The zero-order valence-electron chi connectivity index (χ0n) is 19.0. The fourth-order valence-electron chi connectivity index (χ4n) is 3.87. The minimum absolute atomic E-state index is 0.0968. The Kier molecular flexibility index (Phi) is 7.86. The van der Waals surface area contributed by atoms with Crippen molar-refractivity contribution in [1.29, 1.82) is 0 Å². The third-order valence-electron chi connectivity index (χ3n) is 5.77. The Bertz CT molecular complexity index is 930. The molecule has 1 saturated heterocycles. The van der Waals surface area contributed by atoms with Crippen LogP contribution in [0.3, 0.4) is 0 Å². The second-order valence-corrected chi connectivity index (χ2v) is 9.46. The van der Waals surface area contributed by atoms with E-state index in [0.717, 1.165) is 37.0 Å². The summed E-state index contributed by atoms with van der Waals surface area (Å²) in [6, 6.07) is 6.75. The van der Waals surface area contributed by atoms with Crippen LogP contribution in [0.5, 0.6) is 0 Å². The van der Waals surface area contributed by atoms with Gasteiger partial charge >= 0.3 is 0 Å². The van der Waals surface area contributed by atoms with Crippen LogP contribution in [0.15, 0.2) is 24.3 Å². The van der Waals surface area contributed by atoms with Crippen LogP contribution in [0.2, 0.25) is 0 Å². The van der Waals surface area contributed by atoms with Gasteiger partial charge in [-0.05, 0) is 30.2 Å². The Labute approximate surface area is 188 Å². The van der Waals surface area contributed by atoms with Crippen LogP contribution >= 0.6 is 0 Å². The fraction of sp³-hybridized carbons (Fsp3) is 0.609. The SMILES string of the molecule is CC(C)(C)C(NC(=O)c1nn(CC2CCOCC2)c2ccccc12)C(=O)NCC(O)CO. The number of aliphatic hydroxyl groups excluding tert-OH is 2. The predicted octanol–water partition coefficient (Wildman–Crippen LogP) is 1.08. The molecule has 2 amide bonds. The monoisotopic (exact) mass is 446 g/mol. The lowest BCUT2D eigenvalue weighted by Gasteiger charge is -2.30. The van der Waals surface area contributed by atoms with Gasteiger partial charge in [0.05, 0.1) is 18.2 Å². The zero-order chi connectivity index (χ0) is 23.3. The van der Waals surface area contributed by atoms with E-state index in [2.05, 4.69) is 15.7 Å². The third-order valence-corrected chi connectivity index (χ3v) is 5.77. The average molecular weight is 447 g/mol. The molecule has 0 aliphatic carbocycles. The van der Waals surface area contributed by atoms with Crippen LogP contribution in [0.4, 0.5) is 0 Å². The molecule has 4 N–H and O–H groups in total. The molecule has 32 heavy (non-hydrogen) atoms. The van der Waals surface area contributed by atoms with E-state index in [0.29, 0.717) is 12.5 Å². The van der Waals surface area contributed by atoms with Gasteiger partial charge in [-0.1, -0.05) is 39.0 Å². The summed E-state index contributed by atoms with van der Waals surface area (Å²) in [4.78, 5) is 26.0. The number of nitrogens with one attached hydrogen (secondary N) is 2. The Balaban J connectivity index is 1.82. The Morgan fingerprint density at radius 1 is 1.25 bits per heavy atom. The van der Waals surface area contributed by atoms with E-state index in [-0.39, 0.29) is 12.2 Å². The number of carbonyl (C=O) groups is 2. The number of aliphatic hydroxyl groups is 2. The highest BCUT2D eigenvalue weighted by Crippen LogP contribution is 2.24. The van der Waals surface area contributed by atoms with E-state index in [4.69, 9.17) is 9.84 Å². The Morgan fingerprint density at radius 2 is 1.94 bits per heavy atom. The first-order chi connectivity index (χ1) is 15.2. The van der Waals surface area contributed by atoms with Gasteiger partial charge in [-0.25, -0.2) is 0 Å². The minimum Gasteiger partial charge on any atom is -0.394 e. The summed E-state index contributed by atoms with van der Waals surface area (Å²) in [6.45, 7) is 7.18. The molecule has 2 heterocycles. The van der Waals surface area contributed by atoms with E-state index in [1.165, 1.54) is 0 Å². The standard InChI is InChI=1S/C23H34N4O5/c1-23(2,3)20(22(31)24-12-16(29)14-28)25-21(30)19-17-6-4-5-7-18(17)27(26-19)13-15-8-10-32-11-9-15/h4-7,15-16,20,28-29H,8-14H2,1-3H3,(H,24,31)(H,25,30). The minimum atomic E-state index is -1.06. The van der Waals surface area contributed by atoms with Crippen LogP contribution in [-0.2, 0) is 16.1 Å². The van der Waals surface area contributed by atoms with Crippen molar-refractivity contribution >= 4 is 22.7 Å². The molecule has 3 rings (SSSR count). The average Bonchev–Trinajstić information content (AvgIpc) is 3.14. The number of para-hydroxylation sites is 1. The molecule has 1 aromatic heterocycles. The number of ether oxygens (including phenoxy) is 1. The van der Waals surface area contributed by atoms with Crippen LogP contribution in [-0.4, -0.2) is 70.3 Å². The molecule has 0 saturated carbocycles. The van der Waals surface area contributed by atoms with Gasteiger partial charge < -0.3 is 25.6 Å². The molecule has 9 heteroatoms. The first-order valence-electron chi connectivity index (χ1n) is 11.1. The molecule has 0 radical (unpaired) electrons. The van der Waals surface area contributed by atoms with Gasteiger partial charge in [-0.3, -0.25) is 14.3 Å². The number of carbonyl (C=O) groups excluding carboxylic acids is 2. The van der Waals surface area contributed by atoms with E-state index in [9.17, 15) is 14.7 Å². The van der Waals surface area contributed by atoms with E-state index in [1.807, 2.05) is 49.7 Å². The molecule has 1 aliphatic heterocycles. The second-order valence-electron chi connectivity index (χ2n) is 9.46. The highest BCUT2D eigenvalue weighted by atomic mass is 16.5. The molecular weight excluding hydrogens is 412 g/mol. The maximum Gasteiger partial charge on any atom is 0.273 e. The number of fused-ring (bicyclic) bond motifs is 1. The van der Waals surface area contributed by atoms with Gasteiger partial charge in [-0.15, -0.1) is 0 Å². The first-order valence-corrected chi connectivity index (χ1v) is 11.1. The maximum atomic E-state index is 13.2. The van der Waals surface area contributed by atoms with Crippen LogP contribution in [0.1, 0.15) is 44.1 Å². The normalized spacial score (nSPS) is 17.2. The number of benzene rings is 1. The lowest BCUT2D eigenvalue weighted by Crippen LogP contribution is -2.54. The van der Waals surface area contributed by atoms with Gasteiger partial charge in [0.1, 0.15) is 6.04 Å². The summed E-state index contributed by atoms with van der Waals surface area (Å²) in [7, 11) is 0. The van der Waals surface area contributed by atoms with Crippen molar-refractivity contribution in [2.45, 2.75) is 52.3 Å². The number of rotatable bonds is 8. The Morgan fingerprint density at radius 3 is 2.59 bits per heavy atom. The van der Waals surface area contributed by atoms with E-state index >= 15 is 0 Å². The number of hydrogen-bond acceptors (Lipinski definition) is 6. The molecule has 2 unspecified atom stereocenters. The summed E-state index contributed by atoms with van der Waals surface area (Å²) in [6.07, 6.45) is 0.865. The third kappa shape index (κ3) is 5.85. The number of hydrogen-bond donors (Lipinski definition) is 4. The van der Waals surface area contributed by atoms with Crippen molar-refractivity contribution in [3.8, 4) is 0 Å². The van der Waals surface area contributed by atoms with Crippen LogP contribution < -0.4 is 10.6 Å². The molecule has 2 atom stereocenters. The Hall–Kier alpha value is -2.49. The zero-order valence-corrected chi connectivity index (χ0v) is 19.0. The van der Waals surface area contributed by atoms with Crippen LogP contribution in [0.25, 0.3) is 10.9 Å². The molecule has 9 nitrogen and oxygen atoms in total. The molecule has 0 spiro atoms. The molecule has 1 aromatic carbocycles.